The van der Waals surface area contributed by atoms with Crippen molar-refractivity contribution >= 4 is 81.4 Å². The molecule has 10 heteroatoms. The van der Waals surface area contributed by atoms with Gasteiger partial charge in [0.25, 0.3) is 0 Å². The highest BCUT2D eigenvalue weighted by molar-refractivity contribution is 6.66. The summed E-state index contributed by atoms with van der Waals surface area (Å²) in [5.41, 5.74) is 0. The Hall–Kier alpha value is 0.580. The fourth-order valence-electron chi connectivity index (χ4n) is 4.22. The number of ether oxygens (including phenoxy) is 1. The summed E-state index contributed by atoms with van der Waals surface area (Å²) in [6.07, 6.45) is 1.47. The third-order valence-electron chi connectivity index (χ3n) is 5.41. The van der Waals surface area contributed by atoms with Crippen molar-refractivity contribution < 1.29 is 14.3 Å². The van der Waals surface area contributed by atoms with Crippen molar-refractivity contribution in [1.29, 1.82) is 0 Å². The average Bonchev–Trinajstić information content (AvgIpc) is 3.17. The van der Waals surface area contributed by atoms with Crippen LogP contribution in [-0.2, 0) is 14.3 Å². The Labute approximate surface area is 168 Å². The summed E-state index contributed by atoms with van der Waals surface area (Å²) in [6.45, 7) is 0.760. The summed E-state index contributed by atoms with van der Waals surface area (Å²) in [5.74, 6) is -3.11. The normalized spacial score (nSPS) is 46.4. The maximum absolute atomic E-state index is 12.9. The van der Waals surface area contributed by atoms with Crippen molar-refractivity contribution in [2.75, 3.05) is 13.2 Å². The highest BCUT2D eigenvalue weighted by atomic mass is 35.5. The van der Waals surface area contributed by atoms with E-state index in [0.29, 0.717) is 6.61 Å². The van der Waals surface area contributed by atoms with Gasteiger partial charge in [-0.15, -0.1) is 23.2 Å². The first kappa shape index (κ1) is 18.0. The standard InChI is InChI=1S/C14H11Cl6NO3/c15-8-9(16)13(18)7-6(12(8,17)14(13,19)20)10(22)21(11(7)23)4-5-2-1-3-24-5/h5-7H,1-4H2/t5-,6-,7-,12-,13-/m0/s1. The van der Waals surface area contributed by atoms with Crippen LogP contribution < -0.4 is 0 Å². The minimum Gasteiger partial charge on any atom is -0.376 e. The molecule has 0 unspecified atom stereocenters. The first-order valence-electron chi connectivity index (χ1n) is 7.38. The zero-order valence-corrected chi connectivity index (χ0v) is 16.5. The van der Waals surface area contributed by atoms with E-state index in [1.807, 2.05) is 0 Å². The summed E-state index contributed by atoms with van der Waals surface area (Å²) >= 11 is 38.5. The van der Waals surface area contributed by atoms with Gasteiger partial charge in [0.2, 0.25) is 11.8 Å². The lowest BCUT2D eigenvalue weighted by atomic mass is 9.84. The molecule has 4 nitrogen and oxygen atoms in total. The molecule has 0 aromatic rings. The molecule has 4 rings (SSSR count). The second-order valence-electron chi connectivity index (χ2n) is 6.50. The number of carbonyl (C=O) groups excluding carboxylic acids is 2. The van der Waals surface area contributed by atoms with E-state index >= 15 is 0 Å². The van der Waals surface area contributed by atoms with Crippen LogP contribution in [0.15, 0.2) is 10.1 Å². The number of amides is 2. The molecule has 5 atom stereocenters. The SMILES string of the molecule is O=C1[C@@H]2[C@@H](C(=O)N1C[C@@H]1CCCO1)[C@]1(Cl)C(Cl)=C(Cl)[C@]2(Cl)C1(Cl)Cl. The highest BCUT2D eigenvalue weighted by Crippen LogP contribution is 2.77. The number of rotatable bonds is 2. The second kappa shape index (κ2) is 5.31. The molecule has 0 spiro atoms. The predicted octanol–water partition coefficient (Wildman–Crippen LogP) is 3.61. The van der Waals surface area contributed by atoms with Gasteiger partial charge >= 0.3 is 0 Å². The van der Waals surface area contributed by atoms with Crippen molar-refractivity contribution in [2.45, 2.75) is 33.0 Å². The number of hydrogen-bond acceptors (Lipinski definition) is 3. The Morgan fingerprint density at radius 2 is 1.50 bits per heavy atom. The lowest BCUT2D eigenvalue weighted by molar-refractivity contribution is -0.142. The van der Waals surface area contributed by atoms with Gasteiger partial charge in [0.05, 0.1) is 34.5 Å². The number of fused-ring (bicyclic) bond motifs is 5. The van der Waals surface area contributed by atoms with E-state index in [0.717, 1.165) is 17.7 Å². The average molecular weight is 454 g/mol. The second-order valence-corrected chi connectivity index (χ2v) is 9.78. The molecule has 1 saturated carbocycles. The van der Waals surface area contributed by atoms with E-state index < -0.39 is 37.7 Å². The number of allylic oxidation sites excluding steroid dienone is 2. The molecule has 0 aromatic carbocycles. The lowest BCUT2D eigenvalue weighted by Gasteiger charge is -2.34. The summed E-state index contributed by atoms with van der Waals surface area (Å²) < 4.78 is 3.63. The van der Waals surface area contributed by atoms with Crippen molar-refractivity contribution in [2.24, 2.45) is 11.8 Å². The largest absolute Gasteiger partial charge is 0.376 e. The van der Waals surface area contributed by atoms with E-state index in [1.54, 1.807) is 0 Å². The minimum absolute atomic E-state index is 0.0767. The van der Waals surface area contributed by atoms with Gasteiger partial charge in [-0.05, 0) is 12.8 Å². The fraction of sp³-hybridized carbons (Fsp3) is 0.714. The molecular weight excluding hydrogens is 443 g/mol. The Morgan fingerprint density at radius 1 is 1.00 bits per heavy atom. The zero-order chi connectivity index (χ0) is 17.7. The smallest absolute Gasteiger partial charge is 0.235 e. The molecule has 132 valence electrons. The van der Waals surface area contributed by atoms with Crippen LogP contribution in [0.25, 0.3) is 0 Å². The maximum Gasteiger partial charge on any atom is 0.235 e. The number of carbonyl (C=O) groups is 2. The summed E-state index contributed by atoms with van der Waals surface area (Å²) in [5, 5.41) is -0.153. The third-order valence-corrected chi connectivity index (χ3v) is 9.67. The van der Waals surface area contributed by atoms with Gasteiger partial charge in [-0.1, -0.05) is 46.4 Å². The third kappa shape index (κ3) is 1.75. The molecule has 2 bridgehead atoms. The molecule has 24 heavy (non-hydrogen) atoms. The van der Waals surface area contributed by atoms with Crippen molar-refractivity contribution in [3.05, 3.63) is 10.1 Å². The number of imide groups is 1. The van der Waals surface area contributed by atoms with Gasteiger partial charge in [-0.3, -0.25) is 14.5 Å². The van der Waals surface area contributed by atoms with E-state index in [2.05, 4.69) is 0 Å². The predicted molar refractivity (Wildman–Crippen MR) is 93.0 cm³/mol. The van der Waals surface area contributed by atoms with Crippen LogP contribution >= 0.6 is 69.6 Å². The van der Waals surface area contributed by atoms with Crippen LogP contribution in [0.4, 0.5) is 0 Å². The molecule has 3 fully saturated rings. The maximum atomic E-state index is 12.9. The monoisotopic (exact) mass is 451 g/mol. The fourth-order valence-corrected chi connectivity index (χ4v) is 7.15. The Bertz CT molecular complexity index is 644. The molecule has 0 radical (unpaired) electrons. The molecule has 0 aromatic heterocycles. The first-order valence-corrected chi connectivity index (χ1v) is 9.65. The minimum atomic E-state index is -1.88. The molecule has 2 aliphatic heterocycles. The van der Waals surface area contributed by atoms with Gasteiger partial charge in [-0.2, -0.15) is 0 Å². The van der Waals surface area contributed by atoms with E-state index in [-0.39, 0.29) is 22.7 Å². The summed E-state index contributed by atoms with van der Waals surface area (Å²) in [6, 6.07) is 0. The summed E-state index contributed by atoms with van der Waals surface area (Å²) in [7, 11) is 0. The van der Waals surface area contributed by atoms with Crippen molar-refractivity contribution in [3.63, 3.8) is 0 Å². The Balaban J connectivity index is 1.78. The van der Waals surface area contributed by atoms with Crippen molar-refractivity contribution in [1.82, 2.24) is 4.90 Å². The van der Waals surface area contributed by atoms with Gasteiger partial charge in [0, 0.05) is 6.61 Å². The molecular formula is C14H11Cl6NO3. The van der Waals surface area contributed by atoms with Gasteiger partial charge < -0.3 is 4.74 Å². The molecule has 2 heterocycles. The van der Waals surface area contributed by atoms with Crippen LogP contribution in [0, 0.1) is 11.8 Å². The molecule has 2 saturated heterocycles. The highest BCUT2D eigenvalue weighted by Gasteiger charge is 2.87. The number of hydrogen-bond donors (Lipinski definition) is 0. The van der Waals surface area contributed by atoms with Crippen molar-refractivity contribution in [3.8, 4) is 0 Å². The van der Waals surface area contributed by atoms with Gasteiger partial charge in [-0.25, -0.2) is 0 Å². The van der Waals surface area contributed by atoms with Gasteiger partial charge in [0.1, 0.15) is 9.75 Å². The van der Waals surface area contributed by atoms with E-state index in [4.69, 9.17) is 74.3 Å². The van der Waals surface area contributed by atoms with E-state index in [9.17, 15) is 9.59 Å². The zero-order valence-electron chi connectivity index (χ0n) is 12.0. The Kier molecular flexibility index (Phi) is 3.98. The number of halogens is 6. The van der Waals surface area contributed by atoms with Crippen LogP contribution in [0.2, 0.25) is 0 Å². The van der Waals surface area contributed by atoms with Gasteiger partial charge in [0.15, 0.2) is 4.33 Å². The number of likely N-dealkylation sites (tertiary alicyclic amines) is 1. The Morgan fingerprint density at radius 3 is 1.92 bits per heavy atom. The van der Waals surface area contributed by atoms with Crippen LogP contribution in [0.1, 0.15) is 12.8 Å². The lowest BCUT2D eigenvalue weighted by Crippen LogP contribution is -2.50. The van der Waals surface area contributed by atoms with Crippen LogP contribution in [-0.4, -0.2) is 50.1 Å². The number of alkyl halides is 4. The molecule has 2 aliphatic carbocycles. The quantitative estimate of drug-likeness (QED) is 0.474. The topological polar surface area (TPSA) is 46.6 Å². The molecule has 2 amide bonds. The van der Waals surface area contributed by atoms with Crippen LogP contribution in [0.3, 0.4) is 0 Å². The first-order chi connectivity index (χ1) is 11.1. The molecule has 4 aliphatic rings. The van der Waals surface area contributed by atoms with E-state index in [1.165, 1.54) is 0 Å². The van der Waals surface area contributed by atoms with Crippen LogP contribution in [0.5, 0.6) is 0 Å². The molecule has 0 N–H and O–H groups in total. The number of nitrogens with zero attached hydrogens (tertiary/aromatic N) is 1. The summed E-state index contributed by atoms with van der Waals surface area (Å²) in [4.78, 5) is 23.5.